The van der Waals surface area contributed by atoms with E-state index in [0.29, 0.717) is 35.0 Å². The predicted octanol–water partition coefficient (Wildman–Crippen LogP) is 5.67. The minimum atomic E-state index is -3.91. The molecule has 0 aliphatic rings. The van der Waals surface area contributed by atoms with Crippen LogP contribution in [0.15, 0.2) is 57.9 Å². The first-order valence-electron chi connectivity index (χ1n) is 11.4. The number of anilines is 1. The van der Waals surface area contributed by atoms with E-state index >= 15 is 0 Å². The number of hydrogen-bond donors (Lipinski definition) is 1. The molecule has 9 heteroatoms. The minimum absolute atomic E-state index is 0.157. The van der Waals surface area contributed by atoms with Gasteiger partial charge in [0.1, 0.15) is 12.4 Å². The number of benzene rings is 2. The van der Waals surface area contributed by atoms with Gasteiger partial charge in [-0.15, -0.1) is 0 Å². The molecule has 0 atom stereocenters. The zero-order chi connectivity index (χ0) is 26.0. The lowest BCUT2D eigenvalue weighted by Crippen LogP contribution is -2.15. The topological polar surface area (TPSA) is 104 Å². The van der Waals surface area contributed by atoms with Crippen LogP contribution >= 0.6 is 0 Å². The van der Waals surface area contributed by atoms with Crippen molar-refractivity contribution >= 4 is 15.8 Å². The fourth-order valence-electron chi connectivity index (χ4n) is 4.03. The van der Waals surface area contributed by atoms with E-state index in [9.17, 15) is 8.42 Å². The number of hydrogen-bond acceptors (Lipinski definition) is 7. The van der Waals surface area contributed by atoms with Gasteiger partial charge in [0.05, 0.1) is 17.7 Å². The van der Waals surface area contributed by atoms with Crippen molar-refractivity contribution in [2.75, 3.05) is 11.8 Å². The van der Waals surface area contributed by atoms with Crippen molar-refractivity contribution in [3.63, 3.8) is 0 Å². The van der Waals surface area contributed by atoms with Gasteiger partial charge in [0.25, 0.3) is 10.0 Å². The molecular formula is C27H29N3O5S. The molecule has 0 fully saturated rings. The molecule has 0 aliphatic carbocycles. The highest BCUT2D eigenvalue weighted by Crippen LogP contribution is 2.33. The zero-order valence-corrected chi connectivity index (χ0v) is 22.0. The average Bonchev–Trinajstić information content (AvgIpc) is 3.14. The highest BCUT2D eigenvalue weighted by molar-refractivity contribution is 7.92. The van der Waals surface area contributed by atoms with Gasteiger partial charge in [-0.25, -0.2) is 8.42 Å². The summed E-state index contributed by atoms with van der Waals surface area (Å²) in [6.45, 7) is 9.54. The molecule has 188 valence electrons. The largest absolute Gasteiger partial charge is 0.491 e. The normalized spacial score (nSPS) is 11.4. The third kappa shape index (κ3) is 5.06. The van der Waals surface area contributed by atoms with Crippen LogP contribution in [0.2, 0.25) is 0 Å². The second-order valence-corrected chi connectivity index (χ2v) is 10.3. The summed E-state index contributed by atoms with van der Waals surface area (Å²) in [6.07, 6.45) is 0. The van der Waals surface area contributed by atoms with Crippen molar-refractivity contribution in [2.24, 2.45) is 0 Å². The SMILES string of the molecule is COc1c(OCc2ccc(-c3ccccc3S(=O)(=O)Nc3noc(C)c3C)c(C)c2)cc(C)nc1C. The number of nitrogens with zero attached hydrogens (tertiary/aromatic N) is 2. The molecule has 0 radical (unpaired) electrons. The van der Waals surface area contributed by atoms with E-state index < -0.39 is 10.0 Å². The van der Waals surface area contributed by atoms with Gasteiger partial charge in [-0.05, 0) is 57.4 Å². The maximum atomic E-state index is 13.3. The van der Waals surface area contributed by atoms with Crippen molar-refractivity contribution in [2.45, 2.75) is 46.1 Å². The molecule has 0 saturated carbocycles. The van der Waals surface area contributed by atoms with Crippen LogP contribution in [0, 0.1) is 34.6 Å². The number of rotatable bonds is 8. The van der Waals surface area contributed by atoms with E-state index in [0.717, 1.165) is 28.1 Å². The first kappa shape index (κ1) is 25.2. The van der Waals surface area contributed by atoms with Gasteiger partial charge in [0, 0.05) is 22.9 Å². The van der Waals surface area contributed by atoms with Crippen LogP contribution in [0.4, 0.5) is 5.82 Å². The lowest BCUT2D eigenvalue weighted by Gasteiger charge is -2.16. The second-order valence-electron chi connectivity index (χ2n) is 8.63. The van der Waals surface area contributed by atoms with Crippen LogP contribution < -0.4 is 14.2 Å². The summed E-state index contributed by atoms with van der Waals surface area (Å²) >= 11 is 0. The number of pyridine rings is 1. The molecule has 8 nitrogen and oxygen atoms in total. The summed E-state index contributed by atoms with van der Waals surface area (Å²) in [6, 6.07) is 14.6. The average molecular weight is 508 g/mol. The van der Waals surface area contributed by atoms with Crippen LogP contribution in [0.5, 0.6) is 11.5 Å². The highest BCUT2D eigenvalue weighted by atomic mass is 32.2. The number of aromatic nitrogens is 2. The van der Waals surface area contributed by atoms with E-state index in [1.54, 1.807) is 39.2 Å². The lowest BCUT2D eigenvalue weighted by atomic mass is 9.98. The monoisotopic (exact) mass is 507 g/mol. The molecule has 0 spiro atoms. The number of ether oxygens (including phenoxy) is 2. The van der Waals surface area contributed by atoms with Crippen LogP contribution in [0.3, 0.4) is 0 Å². The molecule has 4 aromatic rings. The van der Waals surface area contributed by atoms with Gasteiger partial charge in [-0.1, -0.05) is 41.6 Å². The van der Waals surface area contributed by atoms with E-state index in [4.69, 9.17) is 14.0 Å². The van der Waals surface area contributed by atoms with Crippen molar-refractivity contribution < 1.29 is 22.4 Å². The molecule has 4 rings (SSSR count). The van der Waals surface area contributed by atoms with Gasteiger partial charge in [0.2, 0.25) is 0 Å². The molecule has 0 unspecified atom stereocenters. The smallest absolute Gasteiger partial charge is 0.263 e. The third-order valence-electron chi connectivity index (χ3n) is 5.98. The Bertz CT molecular complexity index is 1530. The summed E-state index contributed by atoms with van der Waals surface area (Å²) in [5.74, 6) is 1.98. The molecular weight excluding hydrogens is 478 g/mol. The van der Waals surface area contributed by atoms with Crippen molar-refractivity contribution in [3.8, 4) is 22.6 Å². The standard InChI is InChI=1S/C27H29N3O5S/c1-16-13-21(15-34-24-14-17(2)28-19(4)26(24)33-6)11-12-22(16)23-9-7-8-10-25(23)36(31,32)30-27-18(3)20(5)35-29-27/h7-14H,15H2,1-6H3,(H,29,30). The Balaban J connectivity index is 1.61. The van der Waals surface area contributed by atoms with Crippen molar-refractivity contribution in [1.82, 2.24) is 10.1 Å². The molecule has 2 aromatic carbocycles. The quantitative estimate of drug-likeness (QED) is 0.328. The van der Waals surface area contributed by atoms with E-state index in [1.807, 2.05) is 51.1 Å². The molecule has 2 aromatic heterocycles. The Morgan fingerprint density at radius 1 is 0.972 bits per heavy atom. The number of methoxy groups -OCH3 is 1. The zero-order valence-electron chi connectivity index (χ0n) is 21.2. The van der Waals surface area contributed by atoms with Crippen LogP contribution in [-0.4, -0.2) is 25.7 Å². The van der Waals surface area contributed by atoms with Crippen LogP contribution in [-0.2, 0) is 16.6 Å². The predicted molar refractivity (Wildman–Crippen MR) is 138 cm³/mol. The van der Waals surface area contributed by atoms with Crippen molar-refractivity contribution in [3.05, 3.63) is 82.4 Å². The number of sulfonamides is 1. The van der Waals surface area contributed by atoms with E-state index in [2.05, 4.69) is 14.9 Å². The molecule has 0 amide bonds. The van der Waals surface area contributed by atoms with Gasteiger partial charge < -0.3 is 14.0 Å². The van der Waals surface area contributed by atoms with Crippen LogP contribution in [0.1, 0.15) is 33.8 Å². The summed E-state index contributed by atoms with van der Waals surface area (Å²) < 4.78 is 45.7. The third-order valence-corrected chi connectivity index (χ3v) is 7.38. The highest BCUT2D eigenvalue weighted by Gasteiger charge is 2.23. The summed E-state index contributed by atoms with van der Waals surface area (Å²) in [4.78, 5) is 4.57. The Hall–Kier alpha value is -3.85. The molecule has 0 aliphatic heterocycles. The molecule has 36 heavy (non-hydrogen) atoms. The first-order valence-corrected chi connectivity index (χ1v) is 12.9. The summed E-state index contributed by atoms with van der Waals surface area (Å²) in [7, 11) is -2.31. The minimum Gasteiger partial charge on any atom is -0.491 e. The molecule has 0 saturated heterocycles. The van der Waals surface area contributed by atoms with Crippen LogP contribution in [0.25, 0.3) is 11.1 Å². The first-order chi connectivity index (χ1) is 17.1. The summed E-state index contributed by atoms with van der Waals surface area (Å²) in [5.41, 5.74) is 5.51. The molecule has 1 N–H and O–H groups in total. The Morgan fingerprint density at radius 2 is 1.72 bits per heavy atom. The Kier molecular flexibility index (Phi) is 7.03. The van der Waals surface area contributed by atoms with Gasteiger partial charge in [0.15, 0.2) is 17.3 Å². The number of aryl methyl sites for hydroxylation is 4. The Morgan fingerprint density at radius 3 is 2.39 bits per heavy atom. The molecule has 0 bridgehead atoms. The van der Waals surface area contributed by atoms with E-state index in [1.165, 1.54) is 0 Å². The maximum absolute atomic E-state index is 13.3. The van der Waals surface area contributed by atoms with Gasteiger partial charge in [-0.3, -0.25) is 9.71 Å². The van der Waals surface area contributed by atoms with E-state index in [-0.39, 0.29) is 10.7 Å². The summed E-state index contributed by atoms with van der Waals surface area (Å²) in [5, 5.41) is 3.83. The Labute approximate surface area is 211 Å². The van der Waals surface area contributed by atoms with Gasteiger partial charge in [-0.2, -0.15) is 0 Å². The lowest BCUT2D eigenvalue weighted by molar-refractivity contribution is 0.282. The second kappa shape index (κ2) is 10.0. The fourth-order valence-corrected chi connectivity index (χ4v) is 5.31. The maximum Gasteiger partial charge on any atom is 0.263 e. The number of nitrogens with one attached hydrogen (secondary N) is 1. The fraction of sp³-hybridized carbons (Fsp3) is 0.259. The van der Waals surface area contributed by atoms with Crippen molar-refractivity contribution in [1.29, 1.82) is 0 Å². The van der Waals surface area contributed by atoms with Gasteiger partial charge >= 0.3 is 0 Å². The molecule has 2 heterocycles.